The van der Waals surface area contributed by atoms with E-state index in [4.69, 9.17) is 23.8 Å². The molecule has 0 bridgehead atoms. The lowest BCUT2D eigenvalue weighted by Crippen LogP contribution is -1.93. The maximum atomic E-state index is 5.74. The summed E-state index contributed by atoms with van der Waals surface area (Å²) in [7, 11) is 0. The van der Waals surface area contributed by atoms with Crippen molar-refractivity contribution in [3.63, 3.8) is 0 Å². The van der Waals surface area contributed by atoms with Crippen molar-refractivity contribution >= 4 is 23.8 Å². The molecule has 1 N–H and O–H groups in total. The standard InChI is InChI=1S/C6H7ClN2S/c1-4(7)6-8-3-2-5(10)9-6/h2-4H,1H3,(H,8,9,10). The summed E-state index contributed by atoms with van der Waals surface area (Å²) in [4.78, 5) is 6.86. The summed E-state index contributed by atoms with van der Waals surface area (Å²) < 4.78 is 0.664. The van der Waals surface area contributed by atoms with Crippen LogP contribution in [0.2, 0.25) is 0 Å². The molecule has 10 heavy (non-hydrogen) atoms. The zero-order valence-electron chi connectivity index (χ0n) is 5.47. The Kier molecular flexibility index (Phi) is 2.40. The summed E-state index contributed by atoms with van der Waals surface area (Å²) in [6, 6.07) is 1.72. The van der Waals surface area contributed by atoms with Crippen LogP contribution < -0.4 is 0 Å². The third kappa shape index (κ3) is 1.78. The third-order valence-corrected chi connectivity index (χ3v) is 1.51. The zero-order valence-corrected chi connectivity index (χ0v) is 7.04. The normalized spacial score (nSPS) is 13.0. The van der Waals surface area contributed by atoms with Crippen LogP contribution in [0.15, 0.2) is 12.3 Å². The Balaban J connectivity index is 3.07. The number of nitrogens with one attached hydrogen (secondary N) is 1. The second-order valence-electron chi connectivity index (χ2n) is 1.94. The first-order valence-corrected chi connectivity index (χ1v) is 3.74. The van der Waals surface area contributed by atoms with E-state index in [1.54, 1.807) is 12.3 Å². The van der Waals surface area contributed by atoms with Gasteiger partial charge in [0.05, 0.1) is 5.38 Å². The van der Waals surface area contributed by atoms with E-state index in [9.17, 15) is 0 Å². The number of aromatic amines is 1. The number of aromatic nitrogens is 2. The van der Waals surface area contributed by atoms with Crippen LogP contribution in [0.4, 0.5) is 0 Å². The second kappa shape index (κ2) is 3.12. The van der Waals surface area contributed by atoms with E-state index in [2.05, 4.69) is 9.97 Å². The Hall–Kier alpha value is -0.410. The van der Waals surface area contributed by atoms with E-state index in [-0.39, 0.29) is 5.38 Å². The van der Waals surface area contributed by atoms with Gasteiger partial charge in [0, 0.05) is 6.20 Å². The molecule has 0 saturated carbocycles. The molecule has 0 amide bonds. The minimum Gasteiger partial charge on any atom is -0.334 e. The lowest BCUT2D eigenvalue weighted by atomic mass is 10.4. The summed E-state index contributed by atoms with van der Waals surface area (Å²) in [5, 5.41) is -0.108. The van der Waals surface area contributed by atoms with Gasteiger partial charge in [0.25, 0.3) is 0 Å². The van der Waals surface area contributed by atoms with Crippen molar-refractivity contribution in [3.05, 3.63) is 22.7 Å². The van der Waals surface area contributed by atoms with Crippen LogP contribution in [0.25, 0.3) is 0 Å². The first-order valence-electron chi connectivity index (χ1n) is 2.89. The Morgan fingerprint density at radius 1 is 1.80 bits per heavy atom. The fourth-order valence-corrected chi connectivity index (χ4v) is 0.864. The van der Waals surface area contributed by atoms with Crippen LogP contribution >= 0.6 is 23.8 Å². The molecule has 0 aliphatic heterocycles. The van der Waals surface area contributed by atoms with Crippen LogP contribution in [-0.2, 0) is 0 Å². The van der Waals surface area contributed by atoms with Crippen LogP contribution in [0.5, 0.6) is 0 Å². The van der Waals surface area contributed by atoms with Crippen molar-refractivity contribution in [3.8, 4) is 0 Å². The van der Waals surface area contributed by atoms with Crippen molar-refractivity contribution in [1.82, 2.24) is 9.97 Å². The summed E-state index contributed by atoms with van der Waals surface area (Å²) in [6.07, 6.45) is 1.65. The predicted octanol–water partition coefficient (Wildman–Crippen LogP) is 2.44. The van der Waals surface area contributed by atoms with E-state index < -0.39 is 0 Å². The molecule has 1 heterocycles. The molecule has 54 valence electrons. The molecule has 0 radical (unpaired) electrons. The molecule has 1 atom stereocenters. The second-order valence-corrected chi connectivity index (χ2v) is 3.03. The van der Waals surface area contributed by atoms with Crippen molar-refractivity contribution < 1.29 is 0 Å². The summed E-state index contributed by atoms with van der Waals surface area (Å²) >= 11 is 10.6. The molecule has 0 saturated heterocycles. The Morgan fingerprint density at radius 2 is 2.50 bits per heavy atom. The van der Waals surface area contributed by atoms with E-state index in [0.29, 0.717) is 10.5 Å². The third-order valence-electron chi connectivity index (χ3n) is 1.07. The van der Waals surface area contributed by atoms with Gasteiger partial charge < -0.3 is 4.98 Å². The largest absolute Gasteiger partial charge is 0.334 e. The maximum absolute atomic E-state index is 5.74. The molecule has 2 nitrogen and oxygen atoms in total. The topological polar surface area (TPSA) is 28.7 Å². The monoisotopic (exact) mass is 174 g/mol. The molecule has 4 heteroatoms. The average molecular weight is 175 g/mol. The van der Waals surface area contributed by atoms with Gasteiger partial charge in [-0.3, -0.25) is 0 Å². The van der Waals surface area contributed by atoms with Gasteiger partial charge in [0.2, 0.25) is 0 Å². The Morgan fingerprint density at radius 3 is 2.90 bits per heavy atom. The molecule has 1 unspecified atom stereocenters. The maximum Gasteiger partial charge on any atom is 0.124 e. The lowest BCUT2D eigenvalue weighted by Gasteiger charge is -1.99. The Bertz CT molecular complexity index is 268. The van der Waals surface area contributed by atoms with Crippen LogP contribution in [-0.4, -0.2) is 9.97 Å². The van der Waals surface area contributed by atoms with E-state index in [1.807, 2.05) is 6.92 Å². The zero-order chi connectivity index (χ0) is 7.56. The number of nitrogens with zero attached hydrogens (tertiary/aromatic N) is 1. The fourth-order valence-electron chi connectivity index (χ4n) is 0.588. The van der Waals surface area contributed by atoms with Crippen molar-refractivity contribution in [1.29, 1.82) is 0 Å². The van der Waals surface area contributed by atoms with E-state index in [0.717, 1.165) is 0 Å². The molecule has 0 aliphatic carbocycles. The van der Waals surface area contributed by atoms with Crippen LogP contribution in [0.1, 0.15) is 18.1 Å². The number of alkyl halides is 1. The van der Waals surface area contributed by atoms with Gasteiger partial charge in [-0.25, -0.2) is 4.98 Å². The minimum atomic E-state index is -0.108. The SMILES string of the molecule is CC(Cl)c1nccc(=S)[nH]1. The number of H-pyrrole nitrogens is 1. The van der Waals surface area contributed by atoms with Gasteiger partial charge in [0.15, 0.2) is 0 Å². The molecular weight excluding hydrogens is 168 g/mol. The average Bonchev–Trinajstić information content (AvgIpc) is 1.88. The quantitative estimate of drug-likeness (QED) is 0.524. The molecule has 0 aromatic carbocycles. The van der Waals surface area contributed by atoms with Crippen molar-refractivity contribution in [2.45, 2.75) is 12.3 Å². The Labute approximate surface area is 69.3 Å². The van der Waals surface area contributed by atoms with Crippen molar-refractivity contribution in [2.24, 2.45) is 0 Å². The summed E-state index contributed by atoms with van der Waals surface area (Å²) in [5.41, 5.74) is 0. The lowest BCUT2D eigenvalue weighted by molar-refractivity contribution is 0.904. The van der Waals surface area contributed by atoms with E-state index >= 15 is 0 Å². The molecule has 1 aromatic heterocycles. The minimum absolute atomic E-state index is 0.108. The number of rotatable bonds is 1. The van der Waals surface area contributed by atoms with Gasteiger partial charge in [-0.05, 0) is 13.0 Å². The molecule has 0 fully saturated rings. The van der Waals surface area contributed by atoms with Crippen LogP contribution in [0, 0.1) is 4.64 Å². The smallest absolute Gasteiger partial charge is 0.124 e. The highest BCUT2D eigenvalue weighted by Gasteiger charge is 1.99. The highest BCUT2D eigenvalue weighted by atomic mass is 35.5. The van der Waals surface area contributed by atoms with E-state index in [1.165, 1.54) is 0 Å². The number of hydrogen-bond acceptors (Lipinski definition) is 2. The summed E-state index contributed by atoms with van der Waals surface area (Å²) in [5.74, 6) is 0.717. The highest BCUT2D eigenvalue weighted by Crippen LogP contribution is 2.12. The predicted molar refractivity (Wildman–Crippen MR) is 43.7 cm³/mol. The van der Waals surface area contributed by atoms with Crippen molar-refractivity contribution in [2.75, 3.05) is 0 Å². The van der Waals surface area contributed by atoms with Gasteiger partial charge >= 0.3 is 0 Å². The van der Waals surface area contributed by atoms with Gasteiger partial charge in [-0.1, -0.05) is 12.2 Å². The molecule has 0 aliphatic rings. The van der Waals surface area contributed by atoms with Crippen LogP contribution in [0.3, 0.4) is 0 Å². The summed E-state index contributed by atoms with van der Waals surface area (Å²) in [6.45, 7) is 1.84. The molecular formula is C6H7ClN2S. The van der Waals surface area contributed by atoms with Gasteiger partial charge in [-0.2, -0.15) is 0 Å². The molecule has 0 spiro atoms. The van der Waals surface area contributed by atoms with Gasteiger partial charge in [0.1, 0.15) is 10.5 Å². The van der Waals surface area contributed by atoms with Gasteiger partial charge in [-0.15, -0.1) is 11.6 Å². The molecule has 1 aromatic rings. The fraction of sp³-hybridized carbons (Fsp3) is 0.333. The molecule has 1 rings (SSSR count). The first kappa shape index (κ1) is 7.69. The number of halogens is 1. The highest BCUT2D eigenvalue weighted by molar-refractivity contribution is 7.71. The first-order chi connectivity index (χ1) is 4.70. The number of hydrogen-bond donors (Lipinski definition) is 1.